The minimum atomic E-state index is -0.993. The minimum Gasteiger partial charge on any atom is -0.478 e. The Bertz CT molecular complexity index is 832. The molecule has 1 N–H and O–H groups in total. The maximum atomic E-state index is 11.0. The van der Waals surface area contributed by atoms with E-state index in [1.54, 1.807) is 16.5 Å². The van der Waals surface area contributed by atoms with Crippen molar-refractivity contribution in [3.8, 4) is 11.4 Å². The summed E-state index contributed by atoms with van der Waals surface area (Å²) in [6.45, 7) is 0. The molecular weight excluding hydrogens is 393 g/mol. The van der Waals surface area contributed by atoms with Crippen LogP contribution in [-0.4, -0.2) is 25.7 Å². The van der Waals surface area contributed by atoms with Gasteiger partial charge in [-0.05, 0) is 46.9 Å². The van der Waals surface area contributed by atoms with E-state index in [1.807, 2.05) is 12.1 Å². The first-order valence-electron chi connectivity index (χ1n) is 5.60. The van der Waals surface area contributed by atoms with E-state index >= 15 is 0 Å². The topological polar surface area (TPSA) is 67.5 Å². The summed E-state index contributed by atoms with van der Waals surface area (Å²) in [7, 11) is 0. The fourth-order valence-electron chi connectivity index (χ4n) is 1.85. The summed E-state index contributed by atoms with van der Waals surface area (Å²) < 4.78 is 2.58. The largest absolute Gasteiger partial charge is 0.478 e. The Morgan fingerprint density at radius 1 is 1.25 bits per heavy atom. The predicted octanol–water partition coefficient (Wildman–Crippen LogP) is 3.35. The Morgan fingerprint density at radius 3 is 2.75 bits per heavy atom. The molecule has 0 fully saturated rings. The van der Waals surface area contributed by atoms with Gasteiger partial charge in [0.05, 0.1) is 10.6 Å². The molecule has 100 valence electrons. The smallest absolute Gasteiger partial charge is 0.337 e. The Hall–Kier alpha value is -1.67. The normalized spacial score (nSPS) is 10.9. The quantitative estimate of drug-likeness (QED) is 0.671. The van der Waals surface area contributed by atoms with Gasteiger partial charge in [-0.3, -0.25) is 4.40 Å². The van der Waals surface area contributed by atoms with Gasteiger partial charge >= 0.3 is 5.97 Å². The van der Waals surface area contributed by atoms with E-state index in [1.165, 1.54) is 12.3 Å². The van der Waals surface area contributed by atoms with Crippen molar-refractivity contribution in [2.75, 3.05) is 0 Å². The molecule has 0 spiro atoms. The third kappa shape index (κ3) is 2.25. The van der Waals surface area contributed by atoms with Crippen LogP contribution >= 0.6 is 34.2 Å². The molecule has 1 aromatic carbocycles. The second kappa shape index (κ2) is 5.02. The zero-order valence-electron chi connectivity index (χ0n) is 9.92. The zero-order valence-corrected chi connectivity index (χ0v) is 12.8. The van der Waals surface area contributed by atoms with Crippen LogP contribution in [0.4, 0.5) is 0 Å². The van der Waals surface area contributed by atoms with Crippen LogP contribution in [0.5, 0.6) is 0 Å². The highest BCUT2D eigenvalue weighted by atomic mass is 127. The first-order chi connectivity index (χ1) is 9.56. The highest BCUT2D eigenvalue weighted by Gasteiger charge is 2.12. The number of hydrogen-bond donors (Lipinski definition) is 1. The number of fused-ring (bicyclic) bond motifs is 1. The molecule has 0 atom stereocenters. The maximum absolute atomic E-state index is 11.0. The van der Waals surface area contributed by atoms with E-state index in [9.17, 15) is 4.79 Å². The number of hydrogen-bond acceptors (Lipinski definition) is 3. The van der Waals surface area contributed by atoms with E-state index in [0.29, 0.717) is 16.5 Å². The van der Waals surface area contributed by atoms with Crippen LogP contribution in [0.25, 0.3) is 17.0 Å². The van der Waals surface area contributed by atoms with Crippen molar-refractivity contribution >= 4 is 45.8 Å². The number of carboxylic acids is 1. The summed E-state index contributed by atoms with van der Waals surface area (Å²) in [6.07, 6.45) is 1.50. The van der Waals surface area contributed by atoms with Crippen LogP contribution in [0.1, 0.15) is 10.4 Å². The molecule has 0 saturated heterocycles. The van der Waals surface area contributed by atoms with Gasteiger partial charge in [0.25, 0.3) is 0 Å². The zero-order chi connectivity index (χ0) is 14.3. The maximum Gasteiger partial charge on any atom is 0.337 e. The number of carbonyl (C=O) groups is 1. The number of nitrogens with zero attached hydrogens (tertiary/aromatic N) is 3. The summed E-state index contributed by atoms with van der Waals surface area (Å²) >= 11 is 8.24. The number of aromatic nitrogens is 3. The average molecular weight is 400 g/mol. The van der Waals surface area contributed by atoms with Crippen molar-refractivity contribution < 1.29 is 9.90 Å². The van der Waals surface area contributed by atoms with Crippen molar-refractivity contribution in [3.05, 3.63) is 50.7 Å². The highest BCUT2D eigenvalue weighted by Crippen LogP contribution is 2.26. The summed E-state index contributed by atoms with van der Waals surface area (Å²) in [6, 6.07) is 8.65. The number of rotatable bonds is 2. The molecular formula is C13H7ClIN3O2. The summed E-state index contributed by atoms with van der Waals surface area (Å²) in [5.74, 6) is -0.436. The van der Waals surface area contributed by atoms with Gasteiger partial charge in [0, 0.05) is 15.3 Å². The molecule has 7 heteroatoms. The lowest BCUT2D eigenvalue weighted by molar-refractivity contribution is 0.0696. The molecule has 0 bridgehead atoms. The number of aromatic carboxylic acids is 1. The van der Waals surface area contributed by atoms with Gasteiger partial charge in [-0.2, -0.15) is 0 Å². The molecule has 2 aromatic heterocycles. The van der Waals surface area contributed by atoms with E-state index in [0.717, 1.165) is 9.13 Å². The Balaban J connectivity index is 2.22. The summed E-state index contributed by atoms with van der Waals surface area (Å²) in [5, 5.41) is 17.8. The molecule has 0 aliphatic rings. The lowest BCUT2D eigenvalue weighted by atomic mass is 10.2. The predicted molar refractivity (Wildman–Crippen MR) is 83.1 cm³/mol. The van der Waals surface area contributed by atoms with E-state index in [2.05, 4.69) is 32.8 Å². The fraction of sp³-hybridized carbons (Fsp3) is 0. The molecule has 2 heterocycles. The van der Waals surface area contributed by atoms with Crippen LogP contribution in [0.2, 0.25) is 5.02 Å². The highest BCUT2D eigenvalue weighted by molar-refractivity contribution is 14.1. The lowest BCUT2D eigenvalue weighted by Crippen LogP contribution is -1.99. The van der Waals surface area contributed by atoms with Crippen molar-refractivity contribution in [3.63, 3.8) is 0 Å². The fourth-order valence-corrected chi connectivity index (χ4v) is 2.37. The van der Waals surface area contributed by atoms with Gasteiger partial charge in [-0.15, -0.1) is 10.2 Å². The molecule has 5 nitrogen and oxygen atoms in total. The number of benzene rings is 1. The van der Waals surface area contributed by atoms with Gasteiger partial charge in [-0.25, -0.2) is 4.79 Å². The number of halogens is 2. The first-order valence-corrected chi connectivity index (χ1v) is 7.05. The molecule has 3 rings (SSSR count). The van der Waals surface area contributed by atoms with Crippen molar-refractivity contribution in [2.24, 2.45) is 0 Å². The van der Waals surface area contributed by atoms with Gasteiger partial charge in [0.2, 0.25) is 0 Å². The van der Waals surface area contributed by atoms with Gasteiger partial charge in [0.1, 0.15) is 0 Å². The molecule has 0 aliphatic heterocycles. The van der Waals surface area contributed by atoms with E-state index < -0.39 is 5.97 Å². The molecule has 0 aliphatic carbocycles. The Morgan fingerprint density at radius 2 is 2.05 bits per heavy atom. The van der Waals surface area contributed by atoms with Crippen LogP contribution in [0.15, 0.2) is 36.5 Å². The van der Waals surface area contributed by atoms with Gasteiger partial charge < -0.3 is 5.11 Å². The molecule has 20 heavy (non-hydrogen) atoms. The van der Waals surface area contributed by atoms with Crippen molar-refractivity contribution in [2.45, 2.75) is 0 Å². The summed E-state index contributed by atoms with van der Waals surface area (Å²) in [4.78, 5) is 11.0. The molecule has 3 aromatic rings. The molecule has 0 amide bonds. The molecule has 0 radical (unpaired) electrons. The first kappa shape index (κ1) is 13.3. The molecule has 0 unspecified atom stereocenters. The Labute approximate surface area is 132 Å². The number of carboxylic acid groups (broad SMARTS) is 1. The number of pyridine rings is 1. The minimum absolute atomic E-state index is 0.176. The van der Waals surface area contributed by atoms with Gasteiger partial charge in [0.15, 0.2) is 11.5 Å². The second-order valence-corrected chi connectivity index (χ2v) is 5.67. The summed E-state index contributed by atoms with van der Waals surface area (Å²) in [5.41, 5.74) is 1.54. The van der Waals surface area contributed by atoms with Gasteiger partial charge in [-0.1, -0.05) is 17.7 Å². The van der Waals surface area contributed by atoms with Crippen molar-refractivity contribution in [1.82, 2.24) is 14.6 Å². The second-order valence-electron chi connectivity index (χ2n) is 4.10. The lowest BCUT2D eigenvalue weighted by Gasteiger charge is -2.03. The van der Waals surface area contributed by atoms with E-state index in [4.69, 9.17) is 16.7 Å². The van der Waals surface area contributed by atoms with Crippen LogP contribution < -0.4 is 0 Å². The molecule has 0 saturated carbocycles. The van der Waals surface area contributed by atoms with Crippen molar-refractivity contribution in [1.29, 1.82) is 0 Å². The van der Waals surface area contributed by atoms with Crippen LogP contribution in [0.3, 0.4) is 0 Å². The standard InChI is InChI=1S/C13H7ClIN3O2/c14-9-5-7(1-3-10(9)15)12-17-16-11-4-2-8(13(19)20)6-18(11)12/h1-6H,(H,19,20). The third-order valence-corrected chi connectivity index (χ3v) is 4.40. The van der Waals surface area contributed by atoms with E-state index in [-0.39, 0.29) is 5.56 Å². The third-order valence-electron chi connectivity index (χ3n) is 2.83. The Kier molecular flexibility index (Phi) is 3.35. The average Bonchev–Trinajstić information content (AvgIpc) is 2.84. The monoisotopic (exact) mass is 399 g/mol. The SMILES string of the molecule is O=C(O)c1ccc2nnc(-c3ccc(I)c(Cl)c3)n2c1. The van der Waals surface area contributed by atoms with Crippen LogP contribution in [-0.2, 0) is 0 Å². The van der Waals surface area contributed by atoms with Crippen LogP contribution in [0, 0.1) is 3.57 Å².